The van der Waals surface area contributed by atoms with E-state index in [1.165, 1.54) is 0 Å². The average Bonchev–Trinajstić information content (AvgIpc) is 3.10. The van der Waals surface area contributed by atoms with E-state index >= 15 is 0 Å². The van der Waals surface area contributed by atoms with Crippen LogP contribution in [0.1, 0.15) is 65.4 Å². The number of nitrogens with two attached hydrogens (primary N) is 6. The number of guanidine groups is 2. The third-order valence-electron chi connectivity index (χ3n) is 8.31. The van der Waals surface area contributed by atoms with Gasteiger partial charge >= 0.3 is 5.97 Å². The summed E-state index contributed by atoms with van der Waals surface area (Å²) >= 11 is 0. The molecule has 0 heterocycles. The van der Waals surface area contributed by atoms with Gasteiger partial charge in [0.1, 0.15) is 30.2 Å². The minimum atomic E-state index is -1.35. The lowest BCUT2D eigenvalue weighted by atomic mass is 9.99. The summed E-state index contributed by atoms with van der Waals surface area (Å²) in [4.78, 5) is 98.5. The lowest BCUT2D eigenvalue weighted by Gasteiger charge is -2.29. The average molecular weight is 790 g/mol. The second-order valence-corrected chi connectivity index (χ2v) is 13.8. The highest BCUT2D eigenvalue weighted by Gasteiger charge is 2.34. The van der Waals surface area contributed by atoms with Crippen molar-refractivity contribution in [1.29, 1.82) is 0 Å². The Bertz CT molecular complexity index is 1550. The largest absolute Gasteiger partial charge is 0.480 e. The highest BCUT2D eigenvalue weighted by atomic mass is 16.4. The highest BCUT2D eigenvalue weighted by Crippen LogP contribution is 2.11. The van der Waals surface area contributed by atoms with Gasteiger partial charge in [-0.2, -0.15) is 0 Å². The van der Waals surface area contributed by atoms with Gasteiger partial charge in [-0.15, -0.1) is 0 Å². The fraction of sp³-hybridized carbons (Fsp3) is 0.571. The zero-order chi connectivity index (χ0) is 42.5. The molecule has 0 aliphatic rings. The number of aliphatic carboxylic acids is 1. The van der Waals surface area contributed by atoms with Crippen molar-refractivity contribution in [2.45, 2.75) is 102 Å². The summed E-state index contributed by atoms with van der Waals surface area (Å²) < 4.78 is 0. The minimum absolute atomic E-state index is 0.00650. The third kappa shape index (κ3) is 18.4. The van der Waals surface area contributed by atoms with Crippen molar-refractivity contribution in [2.24, 2.45) is 56.2 Å². The Morgan fingerprint density at radius 2 is 1.02 bits per heavy atom. The SMILES string of the molecule is CC(C)[C@H](NC(=O)[C@H](CCCN=C(N)N)NC(=O)[C@@H](NC(=O)[C@H](CCCN=C(N)N)NC(=O)[C@@H](N)CC(N)=O)C(C)C)C(=O)N[C@@H](Cc1ccccc1)C(=O)O. The first-order valence-corrected chi connectivity index (χ1v) is 18.2. The Labute approximate surface area is 326 Å². The number of amides is 6. The number of nitrogens with one attached hydrogen (secondary N) is 5. The van der Waals surface area contributed by atoms with Crippen LogP contribution in [-0.4, -0.2) is 108 Å². The molecule has 6 amide bonds. The lowest BCUT2D eigenvalue weighted by Crippen LogP contribution is -2.61. The van der Waals surface area contributed by atoms with Crippen molar-refractivity contribution < 1.29 is 38.7 Å². The number of carbonyl (C=O) groups is 7. The molecule has 21 heteroatoms. The summed E-state index contributed by atoms with van der Waals surface area (Å²) in [6, 6.07) is 1.08. The monoisotopic (exact) mass is 789 g/mol. The number of rotatable bonds is 25. The number of carboxylic acid groups (broad SMARTS) is 1. The molecule has 0 aliphatic heterocycles. The Morgan fingerprint density at radius 1 is 0.607 bits per heavy atom. The van der Waals surface area contributed by atoms with E-state index in [2.05, 4.69) is 36.6 Å². The Hall–Kier alpha value is -5.99. The van der Waals surface area contributed by atoms with Crippen LogP contribution in [0.3, 0.4) is 0 Å². The van der Waals surface area contributed by atoms with Crippen molar-refractivity contribution >= 4 is 53.3 Å². The van der Waals surface area contributed by atoms with Gasteiger partial charge in [0.2, 0.25) is 35.4 Å². The standard InChI is InChI=1S/C35H59N13O8/c1-18(2)26(47-29(51)22(12-8-14-42-34(38)39)44-28(50)21(36)17-25(37)49)31(53)45-23(13-9-15-43-35(40)41)30(52)48-27(19(3)4)32(54)46-24(33(55)56)16-20-10-6-5-7-11-20/h5-7,10-11,18-19,21-24,26-27H,8-9,12-17,36H2,1-4H3,(H2,37,49)(H,44,50)(H,45,53)(H,46,54)(H,47,51)(H,48,52)(H,55,56)(H4,38,39,42)(H4,40,41,43)/t21-,22-,23-,24-,26-,27-/m0/s1. The quantitative estimate of drug-likeness (QED) is 0.0259. The number of aliphatic imine (C=N–C) groups is 2. The summed E-state index contributed by atoms with van der Waals surface area (Å²) in [5.74, 6) is -7.45. The molecule has 0 fully saturated rings. The van der Waals surface area contributed by atoms with Crippen LogP contribution in [0.15, 0.2) is 40.3 Å². The molecule has 0 spiro atoms. The summed E-state index contributed by atoms with van der Waals surface area (Å²) in [5.41, 5.74) is 33.2. The second-order valence-electron chi connectivity index (χ2n) is 13.8. The van der Waals surface area contributed by atoms with E-state index in [0.29, 0.717) is 5.56 Å². The van der Waals surface area contributed by atoms with Crippen molar-refractivity contribution in [3.63, 3.8) is 0 Å². The minimum Gasteiger partial charge on any atom is -0.480 e. The molecule has 0 aromatic heterocycles. The van der Waals surface area contributed by atoms with Crippen LogP contribution in [-0.2, 0) is 40.0 Å². The molecule has 312 valence electrons. The summed E-state index contributed by atoms with van der Waals surface area (Å²) in [5, 5.41) is 22.7. The van der Waals surface area contributed by atoms with Crippen LogP contribution in [0.5, 0.6) is 0 Å². The predicted molar refractivity (Wildman–Crippen MR) is 209 cm³/mol. The second kappa shape index (κ2) is 24.4. The fourth-order valence-electron chi connectivity index (χ4n) is 5.28. The van der Waals surface area contributed by atoms with Crippen molar-refractivity contribution in [2.75, 3.05) is 13.1 Å². The number of carboxylic acids is 1. The van der Waals surface area contributed by atoms with Crippen LogP contribution >= 0.6 is 0 Å². The molecule has 0 bridgehead atoms. The van der Waals surface area contributed by atoms with Crippen molar-refractivity contribution in [3.8, 4) is 0 Å². The molecule has 56 heavy (non-hydrogen) atoms. The van der Waals surface area contributed by atoms with Crippen LogP contribution in [0.2, 0.25) is 0 Å². The maximum atomic E-state index is 13.8. The van der Waals surface area contributed by atoms with E-state index in [9.17, 15) is 38.7 Å². The Kier molecular flexibility index (Phi) is 20.9. The van der Waals surface area contributed by atoms with E-state index in [-0.39, 0.29) is 57.1 Å². The van der Waals surface area contributed by atoms with Gasteiger partial charge in [-0.05, 0) is 43.1 Å². The van der Waals surface area contributed by atoms with Gasteiger partial charge < -0.3 is 66.1 Å². The smallest absolute Gasteiger partial charge is 0.326 e. The van der Waals surface area contributed by atoms with Gasteiger partial charge in [0.05, 0.1) is 12.5 Å². The van der Waals surface area contributed by atoms with Crippen LogP contribution in [0.25, 0.3) is 0 Å². The predicted octanol–water partition coefficient (Wildman–Crippen LogP) is -3.64. The van der Waals surface area contributed by atoms with Crippen molar-refractivity contribution in [3.05, 3.63) is 35.9 Å². The first-order valence-electron chi connectivity index (χ1n) is 18.2. The van der Waals surface area contributed by atoms with Crippen LogP contribution < -0.4 is 61.0 Å². The van der Waals surface area contributed by atoms with E-state index in [1.54, 1.807) is 58.0 Å². The molecule has 1 aromatic rings. The number of benzene rings is 1. The summed E-state index contributed by atoms with van der Waals surface area (Å²) in [6.45, 7) is 6.80. The molecule has 0 radical (unpaired) electrons. The number of hydrogen-bond donors (Lipinski definition) is 12. The molecule has 21 nitrogen and oxygen atoms in total. The molecular weight excluding hydrogens is 730 g/mol. The van der Waals surface area contributed by atoms with E-state index in [4.69, 9.17) is 34.4 Å². The van der Waals surface area contributed by atoms with Gasteiger partial charge in [-0.3, -0.25) is 38.8 Å². The molecule has 0 saturated heterocycles. The zero-order valence-electron chi connectivity index (χ0n) is 32.3. The van der Waals surface area contributed by atoms with Crippen LogP contribution in [0.4, 0.5) is 0 Å². The maximum absolute atomic E-state index is 13.8. The molecule has 1 rings (SSSR count). The lowest BCUT2D eigenvalue weighted by molar-refractivity contribution is -0.142. The number of carbonyl (C=O) groups excluding carboxylic acids is 6. The first kappa shape index (κ1) is 48.0. The van der Waals surface area contributed by atoms with Crippen molar-refractivity contribution in [1.82, 2.24) is 26.6 Å². The summed E-state index contributed by atoms with van der Waals surface area (Å²) in [6.07, 6.45) is -0.0548. The topological polar surface area (TPSA) is 381 Å². The van der Waals surface area contributed by atoms with Gasteiger partial charge in [-0.1, -0.05) is 58.0 Å². The van der Waals surface area contributed by atoms with E-state index < -0.39 is 95.9 Å². The van der Waals surface area contributed by atoms with Crippen LogP contribution in [0, 0.1) is 11.8 Å². The highest BCUT2D eigenvalue weighted by molar-refractivity contribution is 5.97. The first-order chi connectivity index (χ1) is 26.2. The Balaban J connectivity index is 3.29. The van der Waals surface area contributed by atoms with E-state index in [0.717, 1.165) is 0 Å². The normalized spacial score (nSPS) is 14.1. The number of hydrogen-bond acceptors (Lipinski definition) is 10. The van der Waals surface area contributed by atoms with Gasteiger partial charge in [-0.25, -0.2) is 4.79 Å². The molecule has 18 N–H and O–H groups in total. The molecule has 6 atom stereocenters. The molecular formula is C35H59N13O8. The molecule has 0 aliphatic carbocycles. The summed E-state index contributed by atoms with van der Waals surface area (Å²) in [7, 11) is 0. The number of primary amides is 1. The van der Waals surface area contributed by atoms with Gasteiger partial charge in [0.25, 0.3) is 0 Å². The maximum Gasteiger partial charge on any atom is 0.326 e. The molecule has 0 unspecified atom stereocenters. The van der Waals surface area contributed by atoms with Gasteiger partial charge in [0.15, 0.2) is 11.9 Å². The third-order valence-corrected chi connectivity index (χ3v) is 8.31. The molecule has 1 aromatic carbocycles. The fourth-order valence-corrected chi connectivity index (χ4v) is 5.28. The Morgan fingerprint density at radius 3 is 1.39 bits per heavy atom. The molecule has 0 saturated carbocycles. The number of nitrogens with zero attached hydrogens (tertiary/aromatic N) is 2. The van der Waals surface area contributed by atoms with E-state index in [1.807, 2.05) is 0 Å². The zero-order valence-corrected chi connectivity index (χ0v) is 32.3. The van der Waals surface area contributed by atoms with Gasteiger partial charge in [0, 0.05) is 19.5 Å².